The van der Waals surface area contributed by atoms with Crippen LogP contribution < -0.4 is 10.2 Å². The number of carbonyl (C=O) groups is 2. The molecule has 2 aromatic carbocycles. The number of halogens is 1. The van der Waals surface area contributed by atoms with Crippen molar-refractivity contribution < 1.29 is 14.0 Å². The molecule has 0 bridgehead atoms. The Labute approximate surface area is 189 Å². The van der Waals surface area contributed by atoms with E-state index in [0.717, 1.165) is 5.69 Å². The second kappa shape index (κ2) is 9.82. The molecule has 0 spiro atoms. The smallest absolute Gasteiger partial charge is 0.256 e. The molecule has 2 amide bonds. The summed E-state index contributed by atoms with van der Waals surface area (Å²) in [5, 5.41) is 11.3. The van der Waals surface area contributed by atoms with E-state index in [4.69, 9.17) is 0 Å². The molecule has 3 aromatic rings. The summed E-state index contributed by atoms with van der Waals surface area (Å²) in [5.74, 6) is -0.648. The highest BCUT2D eigenvalue weighted by Gasteiger charge is 2.24. The molecule has 1 aliphatic rings. The number of piperazine rings is 1. The normalized spacial score (nSPS) is 13.8. The van der Waals surface area contributed by atoms with Crippen molar-refractivity contribution in [3.63, 3.8) is 0 Å². The molecule has 8 nitrogen and oxygen atoms in total. The molecule has 1 saturated heterocycles. The third-order valence-electron chi connectivity index (χ3n) is 5.19. The van der Waals surface area contributed by atoms with Crippen molar-refractivity contribution in [2.24, 2.45) is 7.05 Å². The topological polar surface area (TPSA) is 83.4 Å². The predicted octanol–water partition coefficient (Wildman–Crippen LogP) is 2.65. The van der Waals surface area contributed by atoms with E-state index in [1.54, 1.807) is 27.9 Å². The van der Waals surface area contributed by atoms with Gasteiger partial charge in [0.2, 0.25) is 5.91 Å². The number of nitrogens with one attached hydrogen (secondary N) is 1. The lowest BCUT2D eigenvalue weighted by atomic mass is 10.1. The number of aryl methyl sites for hydroxylation is 1. The number of rotatable bonds is 6. The fourth-order valence-corrected chi connectivity index (χ4v) is 4.15. The van der Waals surface area contributed by atoms with Crippen molar-refractivity contribution in [3.8, 4) is 0 Å². The number of carbonyl (C=O) groups excluding carboxylic acids is 2. The Morgan fingerprint density at radius 1 is 1.06 bits per heavy atom. The van der Waals surface area contributed by atoms with Crippen LogP contribution in [-0.2, 0) is 11.8 Å². The van der Waals surface area contributed by atoms with Gasteiger partial charge in [-0.15, -0.1) is 10.2 Å². The highest BCUT2D eigenvalue weighted by atomic mass is 32.2. The number of benzene rings is 2. The van der Waals surface area contributed by atoms with Crippen molar-refractivity contribution in [2.75, 3.05) is 42.1 Å². The summed E-state index contributed by atoms with van der Waals surface area (Å²) in [6, 6.07) is 13.7. The van der Waals surface area contributed by atoms with Crippen molar-refractivity contribution in [1.29, 1.82) is 0 Å². The van der Waals surface area contributed by atoms with Crippen molar-refractivity contribution in [2.45, 2.75) is 5.16 Å². The molecular formula is C22H23FN6O2S. The Balaban J connectivity index is 1.27. The molecule has 0 saturated carbocycles. The maximum atomic E-state index is 13.9. The number of nitrogens with zero attached hydrogens (tertiary/aromatic N) is 5. The molecule has 0 radical (unpaired) electrons. The van der Waals surface area contributed by atoms with Crippen molar-refractivity contribution in [1.82, 2.24) is 19.7 Å². The van der Waals surface area contributed by atoms with Crippen LogP contribution in [0.4, 0.5) is 15.8 Å². The van der Waals surface area contributed by atoms with E-state index in [1.165, 1.54) is 23.9 Å². The summed E-state index contributed by atoms with van der Waals surface area (Å²) in [7, 11) is 1.83. The zero-order valence-corrected chi connectivity index (χ0v) is 18.4. The van der Waals surface area contributed by atoms with Gasteiger partial charge in [0.05, 0.1) is 11.3 Å². The maximum Gasteiger partial charge on any atom is 0.256 e. The molecule has 1 fully saturated rings. The van der Waals surface area contributed by atoms with Crippen LogP contribution in [0.2, 0.25) is 0 Å². The lowest BCUT2D eigenvalue weighted by Gasteiger charge is -2.36. The maximum absolute atomic E-state index is 13.9. The first-order chi connectivity index (χ1) is 15.5. The van der Waals surface area contributed by atoms with Crippen LogP contribution in [0.15, 0.2) is 60.0 Å². The highest BCUT2D eigenvalue weighted by Crippen LogP contribution is 2.21. The van der Waals surface area contributed by atoms with Crippen molar-refractivity contribution >= 4 is 35.0 Å². The summed E-state index contributed by atoms with van der Waals surface area (Å²) in [5.41, 5.74) is 1.83. The lowest BCUT2D eigenvalue weighted by molar-refractivity contribution is -0.113. The summed E-state index contributed by atoms with van der Waals surface area (Å²) in [4.78, 5) is 28.6. The SMILES string of the molecule is Cn1cnnc1SCC(=O)Nc1ccc(N2CCN(C(=O)c3ccccc3F)CC2)cc1. The fraction of sp³-hybridized carbons (Fsp3) is 0.273. The van der Waals surface area contributed by atoms with Gasteiger partial charge < -0.3 is 19.7 Å². The molecule has 0 atom stereocenters. The van der Waals surface area contributed by atoms with Crippen LogP contribution in [-0.4, -0.2) is 63.4 Å². The number of anilines is 2. The molecule has 0 unspecified atom stereocenters. The minimum atomic E-state index is -0.493. The van der Waals surface area contributed by atoms with Gasteiger partial charge in [0.25, 0.3) is 5.91 Å². The van der Waals surface area contributed by atoms with Gasteiger partial charge in [-0.1, -0.05) is 23.9 Å². The zero-order chi connectivity index (χ0) is 22.5. The quantitative estimate of drug-likeness (QED) is 0.577. The first-order valence-corrected chi connectivity index (χ1v) is 11.2. The van der Waals surface area contributed by atoms with Crippen LogP contribution in [0.25, 0.3) is 0 Å². The third kappa shape index (κ3) is 5.08. The van der Waals surface area contributed by atoms with E-state index in [1.807, 2.05) is 31.3 Å². The van der Waals surface area contributed by atoms with E-state index in [-0.39, 0.29) is 23.1 Å². The standard InChI is InChI=1S/C22H23FN6O2S/c1-27-15-24-26-22(27)32-14-20(30)25-16-6-8-17(9-7-16)28-10-12-29(13-11-28)21(31)18-4-2-3-5-19(18)23/h2-9,15H,10-14H2,1H3,(H,25,30). The minimum Gasteiger partial charge on any atom is -0.368 e. The lowest BCUT2D eigenvalue weighted by Crippen LogP contribution is -2.49. The van der Waals surface area contributed by atoms with Gasteiger partial charge in [-0.2, -0.15) is 0 Å². The van der Waals surface area contributed by atoms with E-state index >= 15 is 0 Å². The van der Waals surface area contributed by atoms with Crippen LogP contribution >= 0.6 is 11.8 Å². The average molecular weight is 455 g/mol. The van der Waals surface area contributed by atoms with E-state index in [9.17, 15) is 14.0 Å². The van der Waals surface area contributed by atoms with E-state index in [2.05, 4.69) is 20.4 Å². The second-order valence-corrected chi connectivity index (χ2v) is 8.31. The van der Waals surface area contributed by atoms with Gasteiger partial charge in [0.1, 0.15) is 12.1 Å². The summed E-state index contributed by atoms with van der Waals surface area (Å²) in [6.07, 6.45) is 1.59. The Morgan fingerprint density at radius 2 is 1.78 bits per heavy atom. The van der Waals surface area contributed by atoms with Crippen LogP contribution in [0, 0.1) is 5.82 Å². The van der Waals surface area contributed by atoms with Crippen LogP contribution in [0.5, 0.6) is 0 Å². The van der Waals surface area contributed by atoms with Gasteiger partial charge in [-0.3, -0.25) is 9.59 Å². The minimum absolute atomic E-state index is 0.110. The van der Waals surface area contributed by atoms with Gasteiger partial charge >= 0.3 is 0 Å². The number of hydrogen-bond donors (Lipinski definition) is 1. The number of hydrogen-bond acceptors (Lipinski definition) is 6. The first kappa shape index (κ1) is 21.8. The molecule has 4 rings (SSSR count). The molecule has 1 N–H and O–H groups in total. The van der Waals surface area contributed by atoms with Crippen molar-refractivity contribution in [3.05, 3.63) is 66.2 Å². The van der Waals surface area contributed by atoms with E-state index in [0.29, 0.717) is 37.0 Å². The number of amides is 2. The molecule has 1 aliphatic heterocycles. The van der Waals surface area contributed by atoms with Gasteiger partial charge in [0.15, 0.2) is 5.16 Å². The number of aromatic nitrogens is 3. The predicted molar refractivity (Wildman–Crippen MR) is 121 cm³/mol. The van der Waals surface area contributed by atoms with Gasteiger partial charge in [-0.05, 0) is 36.4 Å². The zero-order valence-electron chi connectivity index (χ0n) is 17.6. The van der Waals surface area contributed by atoms with Crippen LogP contribution in [0.3, 0.4) is 0 Å². The van der Waals surface area contributed by atoms with E-state index < -0.39 is 5.82 Å². The molecule has 10 heteroatoms. The Morgan fingerprint density at radius 3 is 2.44 bits per heavy atom. The van der Waals surface area contributed by atoms with Gasteiger partial charge in [-0.25, -0.2) is 4.39 Å². The summed E-state index contributed by atoms with van der Waals surface area (Å²) >= 11 is 1.32. The summed E-state index contributed by atoms with van der Waals surface area (Å²) < 4.78 is 15.7. The molecule has 1 aromatic heterocycles. The molecule has 32 heavy (non-hydrogen) atoms. The Bertz CT molecular complexity index is 1100. The Hall–Kier alpha value is -3.40. The van der Waals surface area contributed by atoms with Gasteiger partial charge in [0, 0.05) is 44.6 Å². The monoisotopic (exact) mass is 454 g/mol. The highest BCUT2D eigenvalue weighted by molar-refractivity contribution is 7.99. The third-order valence-corrected chi connectivity index (χ3v) is 6.22. The molecule has 166 valence electrons. The largest absolute Gasteiger partial charge is 0.368 e. The molecular weight excluding hydrogens is 431 g/mol. The number of thioether (sulfide) groups is 1. The summed E-state index contributed by atoms with van der Waals surface area (Å²) in [6.45, 7) is 2.34. The molecule has 0 aliphatic carbocycles. The Kier molecular flexibility index (Phi) is 6.69. The van der Waals surface area contributed by atoms with Crippen LogP contribution in [0.1, 0.15) is 10.4 Å². The fourth-order valence-electron chi connectivity index (χ4n) is 3.46. The second-order valence-electron chi connectivity index (χ2n) is 7.37. The first-order valence-electron chi connectivity index (χ1n) is 10.2. The molecule has 2 heterocycles. The average Bonchev–Trinajstić information content (AvgIpc) is 3.23.